The lowest BCUT2D eigenvalue weighted by Crippen LogP contribution is -2.25. The zero-order chi connectivity index (χ0) is 11.6. The highest BCUT2D eigenvalue weighted by molar-refractivity contribution is 7.92. The fraction of sp³-hybridized carbons (Fsp3) is 0.545. The lowest BCUT2D eigenvalue weighted by Gasteiger charge is -2.12. The quantitative estimate of drug-likeness (QED) is 0.867. The molecular formula is C11H16N2O2S. The van der Waals surface area contributed by atoms with E-state index in [1.807, 2.05) is 19.1 Å². The van der Waals surface area contributed by atoms with E-state index in [2.05, 4.69) is 10.3 Å². The molecule has 0 aromatic carbocycles. The maximum atomic E-state index is 11.6. The van der Waals surface area contributed by atoms with Crippen LogP contribution < -0.4 is 5.32 Å². The van der Waals surface area contributed by atoms with Crippen molar-refractivity contribution in [1.29, 1.82) is 0 Å². The summed E-state index contributed by atoms with van der Waals surface area (Å²) in [4.78, 5) is 4.18. The van der Waals surface area contributed by atoms with E-state index in [0.717, 1.165) is 24.2 Å². The molecule has 1 N–H and O–H groups in total. The molecule has 0 amide bonds. The van der Waals surface area contributed by atoms with Gasteiger partial charge in [-0.15, -0.1) is 0 Å². The summed E-state index contributed by atoms with van der Waals surface area (Å²) in [6.45, 7) is 2.43. The van der Waals surface area contributed by atoms with Crippen molar-refractivity contribution in [3.8, 4) is 0 Å². The monoisotopic (exact) mass is 240 g/mol. The number of pyridine rings is 1. The largest absolute Gasteiger partial charge is 0.369 e. The predicted molar refractivity (Wildman–Crippen MR) is 64.3 cm³/mol. The summed E-state index contributed by atoms with van der Waals surface area (Å²) < 4.78 is 23.2. The minimum Gasteiger partial charge on any atom is -0.369 e. The van der Waals surface area contributed by atoms with Gasteiger partial charge < -0.3 is 5.32 Å². The van der Waals surface area contributed by atoms with Crippen LogP contribution in [-0.4, -0.2) is 30.9 Å². The fourth-order valence-electron chi connectivity index (χ4n) is 1.97. The predicted octanol–water partition coefficient (Wildman–Crippen LogP) is 1.38. The van der Waals surface area contributed by atoms with Gasteiger partial charge in [0.25, 0.3) is 0 Å². The van der Waals surface area contributed by atoms with Crippen LogP contribution in [0.25, 0.3) is 0 Å². The second-order valence-electron chi connectivity index (χ2n) is 4.18. The Morgan fingerprint density at radius 1 is 1.56 bits per heavy atom. The topological polar surface area (TPSA) is 59.1 Å². The number of sulfone groups is 1. The van der Waals surface area contributed by atoms with Crippen LogP contribution in [0.1, 0.15) is 18.4 Å². The third-order valence-electron chi connectivity index (χ3n) is 2.97. The average Bonchev–Trinajstić information content (AvgIpc) is 2.57. The minimum absolute atomic E-state index is 0.242. The van der Waals surface area contributed by atoms with Crippen molar-refractivity contribution in [2.75, 3.05) is 17.6 Å². The first-order valence-electron chi connectivity index (χ1n) is 5.46. The van der Waals surface area contributed by atoms with Crippen LogP contribution in [0, 0.1) is 6.92 Å². The Kier molecular flexibility index (Phi) is 3.14. The Balaban J connectivity index is 2.01. The molecule has 88 valence electrons. The molecule has 1 aliphatic heterocycles. The van der Waals surface area contributed by atoms with Crippen molar-refractivity contribution in [1.82, 2.24) is 4.98 Å². The van der Waals surface area contributed by atoms with E-state index in [1.54, 1.807) is 6.20 Å². The van der Waals surface area contributed by atoms with E-state index in [0.29, 0.717) is 12.3 Å². The highest BCUT2D eigenvalue weighted by Gasteiger charge is 2.30. The normalized spacial score (nSPS) is 23.2. The van der Waals surface area contributed by atoms with Crippen LogP contribution >= 0.6 is 0 Å². The fourth-order valence-corrected chi connectivity index (χ4v) is 3.73. The SMILES string of the molecule is Cc1cccnc1NCC1CCCS1(=O)=O. The van der Waals surface area contributed by atoms with Crippen molar-refractivity contribution < 1.29 is 8.42 Å². The first-order valence-corrected chi connectivity index (χ1v) is 7.18. The molecule has 1 fully saturated rings. The molecule has 2 rings (SSSR count). The van der Waals surface area contributed by atoms with Gasteiger partial charge in [0.2, 0.25) is 0 Å². The Labute approximate surface area is 96.0 Å². The first kappa shape index (κ1) is 11.4. The molecule has 0 bridgehead atoms. The van der Waals surface area contributed by atoms with E-state index in [1.165, 1.54) is 0 Å². The molecule has 1 aromatic heterocycles. The van der Waals surface area contributed by atoms with Gasteiger partial charge in [-0.1, -0.05) is 6.07 Å². The molecule has 1 saturated heterocycles. The van der Waals surface area contributed by atoms with Gasteiger partial charge in [0.15, 0.2) is 9.84 Å². The summed E-state index contributed by atoms with van der Waals surface area (Å²) in [5.41, 5.74) is 1.04. The van der Waals surface area contributed by atoms with E-state index in [4.69, 9.17) is 0 Å². The van der Waals surface area contributed by atoms with Gasteiger partial charge in [-0.25, -0.2) is 13.4 Å². The number of rotatable bonds is 3. The molecule has 0 aliphatic carbocycles. The van der Waals surface area contributed by atoms with Crippen LogP contribution in [0.5, 0.6) is 0 Å². The number of nitrogens with one attached hydrogen (secondary N) is 1. The third kappa shape index (κ3) is 2.35. The molecule has 16 heavy (non-hydrogen) atoms. The van der Waals surface area contributed by atoms with E-state index in [9.17, 15) is 8.42 Å². The van der Waals surface area contributed by atoms with Crippen molar-refractivity contribution in [3.63, 3.8) is 0 Å². The molecular weight excluding hydrogens is 224 g/mol. The van der Waals surface area contributed by atoms with Crippen LogP contribution in [0.4, 0.5) is 5.82 Å². The Bertz CT molecular complexity index is 471. The van der Waals surface area contributed by atoms with Gasteiger partial charge in [0.05, 0.1) is 11.0 Å². The number of aromatic nitrogens is 1. The number of hydrogen-bond acceptors (Lipinski definition) is 4. The van der Waals surface area contributed by atoms with Crippen molar-refractivity contribution in [2.24, 2.45) is 0 Å². The number of hydrogen-bond donors (Lipinski definition) is 1. The minimum atomic E-state index is -2.86. The number of nitrogens with zero attached hydrogens (tertiary/aromatic N) is 1. The number of anilines is 1. The highest BCUT2D eigenvalue weighted by Crippen LogP contribution is 2.20. The van der Waals surface area contributed by atoms with E-state index in [-0.39, 0.29) is 5.25 Å². The van der Waals surface area contributed by atoms with Gasteiger partial charge in [-0.2, -0.15) is 0 Å². The zero-order valence-corrected chi connectivity index (χ0v) is 10.1. The van der Waals surface area contributed by atoms with Gasteiger partial charge in [-0.05, 0) is 31.4 Å². The maximum Gasteiger partial charge on any atom is 0.154 e. The van der Waals surface area contributed by atoms with E-state index >= 15 is 0 Å². The Morgan fingerprint density at radius 2 is 2.38 bits per heavy atom. The zero-order valence-electron chi connectivity index (χ0n) is 9.31. The molecule has 1 aliphatic rings. The lowest BCUT2D eigenvalue weighted by atomic mass is 10.2. The summed E-state index contributed by atoms with van der Waals surface area (Å²) in [5, 5.41) is 2.88. The second kappa shape index (κ2) is 4.41. The van der Waals surface area contributed by atoms with Gasteiger partial charge in [0, 0.05) is 12.7 Å². The standard InChI is InChI=1S/C11H16N2O2S/c1-9-4-2-6-12-11(9)13-8-10-5-3-7-16(10,14)15/h2,4,6,10H,3,5,7-8H2,1H3,(H,12,13). The number of aryl methyl sites for hydroxylation is 1. The Hall–Kier alpha value is -1.10. The van der Waals surface area contributed by atoms with Crippen LogP contribution in [0.15, 0.2) is 18.3 Å². The summed E-state index contributed by atoms with van der Waals surface area (Å²) in [6, 6.07) is 3.82. The summed E-state index contributed by atoms with van der Waals surface area (Å²) in [6.07, 6.45) is 3.26. The van der Waals surface area contributed by atoms with Crippen LogP contribution in [0.3, 0.4) is 0 Å². The molecule has 1 aromatic rings. The summed E-state index contributed by atoms with van der Waals surface area (Å²) >= 11 is 0. The van der Waals surface area contributed by atoms with Crippen LogP contribution in [-0.2, 0) is 9.84 Å². The molecule has 2 heterocycles. The molecule has 0 spiro atoms. The molecule has 0 saturated carbocycles. The third-order valence-corrected chi connectivity index (χ3v) is 5.25. The maximum absolute atomic E-state index is 11.6. The summed E-state index contributed by atoms with van der Waals surface area (Å²) in [5.74, 6) is 1.12. The van der Waals surface area contributed by atoms with Crippen molar-refractivity contribution >= 4 is 15.7 Å². The molecule has 1 atom stereocenters. The molecule has 5 heteroatoms. The molecule has 4 nitrogen and oxygen atoms in total. The molecule has 0 radical (unpaired) electrons. The van der Waals surface area contributed by atoms with Gasteiger partial charge in [-0.3, -0.25) is 0 Å². The lowest BCUT2D eigenvalue weighted by molar-refractivity contribution is 0.591. The highest BCUT2D eigenvalue weighted by atomic mass is 32.2. The second-order valence-corrected chi connectivity index (χ2v) is 6.58. The van der Waals surface area contributed by atoms with Crippen molar-refractivity contribution in [3.05, 3.63) is 23.9 Å². The Morgan fingerprint density at radius 3 is 3.00 bits per heavy atom. The summed E-state index contributed by atoms with van der Waals surface area (Å²) in [7, 11) is -2.86. The average molecular weight is 240 g/mol. The molecule has 1 unspecified atom stereocenters. The first-order chi connectivity index (χ1) is 7.59. The van der Waals surface area contributed by atoms with Gasteiger partial charge >= 0.3 is 0 Å². The van der Waals surface area contributed by atoms with Gasteiger partial charge in [0.1, 0.15) is 5.82 Å². The van der Waals surface area contributed by atoms with Crippen LogP contribution in [0.2, 0.25) is 0 Å². The smallest absolute Gasteiger partial charge is 0.154 e. The van der Waals surface area contributed by atoms with E-state index < -0.39 is 9.84 Å². The van der Waals surface area contributed by atoms with Crippen molar-refractivity contribution in [2.45, 2.75) is 25.0 Å².